The average Bonchev–Trinajstić information content (AvgIpc) is 2.85. The molecule has 1 aliphatic rings. The highest BCUT2D eigenvalue weighted by Crippen LogP contribution is 2.23. The van der Waals surface area contributed by atoms with Crippen LogP contribution in [-0.4, -0.2) is 49.7 Å². The molecule has 1 N–H and O–H groups in total. The number of amides is 1. The zero-order valence-electron chi connectivity index (χ0n) is 20.7. The minimum absolute atomic E-state index is 0.0700. The molecule has 7 nitrogen and oxygen atoms in total. The van der Waals surface area contributed by atoms with Gasteiger partial charge >= 0.3 is 5.63 Å². The average molecular weight is 479 g/mol. The van der Waals surface area contributed by atoms with Crippen LogP contribution >= 0.6 is 0 Å². The molecule has 1 fully saturated rings. The molecule has 7 heteroatoms. The van der Waals surface area contributed by atoms with Gasteiger partial charge in [0.1, 0.15) is 17.9 Å². The molecule has 1 aliphatic heterocycles. The molecule has 186 valence electrons. The summed E-state index contributed by atoms with van der Waals surface area (Å²) in [4.78, 5) is 26.8. The Bertz CT molecular complexity index is 1200. The number of hydrogen-bond acceptors (Lipinski definition) is 6. The van der Waals surface area contributed by atoms with E-state index in [0.29, 0.717) is 42.0 Å². The number of benzene rings is 2. The highest BCUT2D eigenvalue weighted by Gasteiger charge is 2.22. The SMILES string of the molecule is Cc1cc(=O)oc2cc(OCc3ccc(C(=O)NC[C@@H](CC(C)C)N4CCOCC4)cc3)ccc12. The van der Waals surface area contributed by atoms with E-state index < -0.39 is 0 Å². The van der Waals surface area contributed by atoms with Gasteiger partial charge in [-0.25, -0.2) is 4.79 Å². The van der Waals surface area contributed by atoms with E-state index in [2.05, 4.69) is 24.1 Å². The van der Waals surface area contributed by atoms with Crippen LogP contribution in [-0.2, 0) is 11.3 Å². The van der Waals surface area contributed by atoms with Crippen molar-refractivity contribution in [2.24, 2.45) is 5.92 Å². The minimum Gasteiger partial charge on any atom is -0.489 e. The third-order valence-electron chi connectivity index (χ3n) is 6.35. The maximum atomic E-state index is 12.8. The van der Waals surface area contributed by atoms with E-state index >= 15 is 0 Å². The minimum atomic E-state index is -0.374. The van der Waals surface area contributed by atoms with Crippen LogP contribution in [0.1, 0.15) is 41.8 Å². The van der Waals surface area contributed by atoms with Crippen LogP contribution in [0.4, 0.5) is 0 Å². The van der Waals surface area contributed by atoms with Crippen molar-refractivity contribution in [1.82, 2.24) is 10.2 Å². The molecule has 0 aliphatic carbocycles. The van der Waals surface area contributed by atoms with Crippen LogP contribution in [0.3, 0.4) is 0 Å². The monoisotopic (exact) mass is 478 g/mol. The Morgan fingerprint density at radius 1 is 1.09 bits per heavy atom. The van der Waals surface area contributed by atoms with Gasteiger partial charge in [0, 0.05) is 48.8 Å². The van der Waals surface area contributed by atoms with E-state index in [9.17, 15) is 9.59 Å². The number of nitrogens with zero attached hydrogens (tertiary/aromatic N) is 1. The zero-order chi connectivity index (χ0) is 24.8. The Hall–Kier alpha value is -3.16. The van der Waals surface area contributed by atoms with Gasteiger partial charge in [-0.3, -0.25) is 9.69 Å². The Balaban J connectivity index is 1.32. The molecule has 1 aromatic heterocycles. The Morgan fingerprint density at radius 2 is 1.83 bits per heavy atom. The molecule has 1 amide bonds. The third-order valence-corrected chi connectivity index (χ3v) is 6.35. The van der Waals surface area contributed by atoms with E-state index in [1.54, 1.807) is 6.07 Å². The van der Waals surface area contributed by atoms with Gasteiger partial charge in [-0.1, -0.05) is 26.0 Å². The number of rotatable bonds is 9. The first-order chi connectivity index (χ1) is 16.9. The van der Waals surface area contributed by atoms with Crippen LogP contribution in [0.5, 0.6) is 5.75 Å². The summed E-state index contributed by atoms with van der Waals surface area (Å²) in [5.74, 6) is 1.11. The number of morpholine rings is 1. The van der Waals surface area contributed by atoms with E-state index in [4.69, 9.17) is 13.9 Å². The van der Waals surface area contributed by atoms with Gasteiger partial charge in [0.25, 0.3) is 5.91 Å². The molecule has 2 heterocycles. The summed E-state index contributed by atoms with van der Waals surface area (Å²) in [7, 11) is 0. The van der Waals surface area contributed by atoms with E-state index in [1.807, 2.05) is 43.3 Å². The number of nitrogens with one attached hydrogen (secondary N) is 1. The lowest BCUT2D eigenvalue weighted by atomic mass is 10.0. The predicted octanol–water partition coefficient (Wildman–Crippen LogP) is 4.16. The summed E-state index contributed by atoms with van der Waals surface area (Å²) in [6, 6.07) is 14.7. The van der Waals surface area contributed by atoms with Crippen LogP contribution in [0.15, 0.2) is 57.7 Å². The Labute approximate surface area is 206 Å². The van der Waals surface area contributed by atoms with Crippen molar-refractivity contribution in [1.29, 1.82) is 0 Å². The van der Waals surface area contributed by atoms with Gasteiger partial charge in [0.05, 0.1) is 13.2 Å². The standard InChI is InChI=1S/C28H34N2O5/c1-19(2)14-23(30-10-12-33-13-11-30)17-29-28(32)22-6-4-21(5-7-22)18-34-24-8-9-25-20(3)15-27(31)35-26(25)16-24/h4-9,15-16,19,23H,10-14,17-18H2,1-3H3,(H,29,32)/t23-/m1/s1. The number of ether oxygens (including phenoxy) is 2. The number of carbonyl (C=O) groups is 1. The first-order valence-electron chi connectivity index (χ1n) is 12.3. The topological polar surface area (TPSA) is 81.0 Å². The normalized spacial score (nSPS) is 15.3. The van der Waals surface area contributed by atoms with Crippen molar-refractivity contribution in [3.8, 4) is 5.75 Å². The number of hydrogen-bond donors (Lipinski definition) is 1. The molecule has 0 spiro atoms. The first kappa shape index (κ1) is 24.9. The van der Waals surface area contributed by atoms with E-state index in [1.165, 1.54) is 6.07 Å². The van der Waals surface area contributed by atoms with Crippen LogP contribution in [0.25, 0.3) is 11.0 Å². The second-order valence-corrected chi connectivity index (χ2v) is 9.53. The number of carbonyl (C=O) groups excluding carboxylic acids is 1. The summed E-state index contributed by atoms with van der Waals surface area (Å²) in [6.45, 7) is 10.6. The first-order valence-corrected chi connectivity index (χ1v) is 12.3. The summed E-state index contributed by atoms with van der Waals surface area (Å²) in [6.07, 6.45) is 1.04. The van der Waals surface area contributed by atoms with E-state index in [-0.39, 0.29) is 11.5 Å². The molecule has 2 aromatic carbocycles. The van der Waals surface area contributed by atoms with Crippen LogP contribution in [0.2, 0.25) is 0 Å². The van der Waals surface area contributed by atoms with E-state index in [0.717, 1.165) is 49.2 Å². The van der Waals surface area contributed by atoms with Gasteiger partial charge in [-0.15, -0.1) is 0 Å². The highest BCUT2D eigenvalue weighted by atomic mass is 16.5. The molecule has 4 rings (SSSR count). The fourth-order valence-electron chi connectivity index (χ4n) is 4.47. The molecule has 0 saturated carbocycles. The molecule has 1 atom stereocenters. The summed E-state index contributed by atoms with van der Waals surface area (Å²) in [5.41, 5.74) is 2.58. The van der Waals surface area contributed by atoms with Gasteiger partial charge in [-0.05, 0) is 54.7 Å². The second kappa shape index (κ2) is 11.5. The van der Waals surface area contributed by atoms with Gasteiger partial charge in [-0.2, -0.15) is 0 Å². The lowest BCUT2D eigenvalue weighted by molar-refractivity contribution is 0.0124. The van der Waals surface area contributed by atoms with Crippen molar-refractivity contribution < 1.29 is 18.7 Å². The van der Waals surface area contributed by atoms with Crippen molar-refractivity contribution in [3.63, 3.8) is 0 Å². The molecule has 35 heavy (non-hydrogen) atoms. The van der Waals surface area contributed by atoms with Crippen molar-refractivity contribution >= 4 is 16.9 Å². The van der Waals surface area contributed by atoms with Gasteiger partial charge in [0.2, 0.25) is 0 Å². The quantitative estimate of drug-likeness (QED) is 0.465. The van der Waals surface area contributed by atoms with Crippen LogP contribution < -0.4 is 15.7 Å². The maximum Gasteiger partial charge on any atom is 0.336 e. The maximum absolute atomic E-state index is 12.8. The molecule has 0 bridgehead atoms. The number of aryl methyl sites for hydroxylation is 1. The van der Waals surface area contributed by atoms with Crippen molar-refractivity contribution in [2.45, 2.75) is 39.8 Å². The summed E-state index contributed by atoms with van der Waals surface area (Å²) >= 11 is 0. The van der Waals surface area contributed by atoms with Crippen molar-refractivity contribution in [2.75, 3.05) is 32.8 Å². The molecule has 0 unspecified atom stereocenters. The summed E-state index contributed by atoms with van der Waals surface area (Å²) < 4.78 is 16.7. The third kappa shape index (κ3) is 6.71. The van der Waals surface area contributed by atoms with Gasteiger partial charge < -0.3 is 19.2 Å². The lowest BCUT2D eigenvalue weighted by Crippen LogP contribution is -2.49. The largest absolute Gasteiger partial charge is 0.489 e. The molecule has 0 radical (unpaired) electrons. The Kier molecular flexibility index (Phi) is 8.21. The lowest BCUT2D eigenvalue weighted by Gasteiger charge is -2.35. The fourth-order valence-corrected chi connectivity index (χ4v) is 4.47. The summed E-state index contributed by atoms with van der Waals surface area (Å²) in [5, 5.41) is 4.00. The fraction of sp³-hybridized carbons (Fsp3) is 0.429. The predicted molar refractivity (Wildman–Crippen MR) is 136 cm³/mol. The van der Waals surface area contributed by atoms with Crippen molar-refractivity contribution in [3.05, 3.63) is 75.6 Å². The molecular formula is C28H34N2O5. The number of fused-ring (bicyclic) bond motifs is 1. The molecule has 1 saturated heterocycles. The highest BCUT2D eigenvalue weighted by molar-refractivity contribution is 5.94. The second-order valence-electron chi connectivity index (χ2n) is 9.53. The Morgan fingerprint density at radius 3 is 2.54 bits per heavy atom. The zero-order valence-corrected chi connectivity index (χ0v) is 20.7. The molecular weight excluding hydrogens is 444 g/mol. The van der Waals surface area contributed by atoms with Gasteiger partial charge in [0.15, 0.2) is 0 Å². The smallest absolute Gasteiger partial charge is 0.336 e. The molecule has 3 aromatic rings. The van der Waals surface area contributed by atoms with Crippen LogP contribution in [0, 0.1) is 12.8 Å².